The van der Waals surface area contributed by atoms with Crippen molar-refractivity contribution in [1.29, 1.82) is 0 Å². The molecule has 0 saturated heterocycles. The van der Waals surface area contributed by atoms with Crippen molar-refractivity contribution >= 4 is 27.3 Å². The minimum absolute atomic E-state index is 0.0258. The van der Waals surface area contributed by atoms with E-state index in [0.717, 1.165) is 24.2 Å². The van der Waals surface area contributed by atoms with Crippen LogP contribution in [0.4, 0.5) is 0 Å². The van der Waals surface area contributed by atoms with Crippen molar-refractivity contribution in [1.82, 2.24) is 4.31 Å². The van der Waals surface area contributed by atoms with Crippen molar-refractivity contribution in [2.75, 3.05) is 13.2 Å². The van der Waals surface area contributed by atoms with Crippen LogP contribution < -0.4 is 0 Å². The first-order valence-electron chi connectivity index (χ1n) is 5.88. The highest BCUT2D eigenvalue weighted by Gasteiger charge is 2.38. The summed E-state index contributed by atoms with van der Waals surface area (Å²) < 4.78 is 26.2. The maximum Gasteiger partial charge on any atom is 0.308 e. The highest BCUT2D eigenvalue weighted by atomic mass is 32.2. The van der Waals surface area contributed by atoms with E-state index in [1.165, 1.54) is 16.4 Å². The van der Waals surface area contributed by atoms with Gasteiger partial charge in [-0.2, -0.15) is 4.31 Å². The molecule has 0 spiro atoms. The molecule has 0 atom stereocenters. The summed E-state index contributed by atoms with van der Waals surface area (Å²) in [6, 6.07) is 2.93. The summed E-state index contributed by atoms with van der Waals surface area (Å²) in [6.07, 6.45) is 1.45. The molecular formula is C11H15NO5S2. The maximum absolute atomic E-state index is 12.4. The number of carbonyl (C=O) groups is 1. The number of aliphatic carboxylic acids is 1. The Balaban J connectivity index is 2.22. The van der Waals surface area contributed by atoms with Gasteiger partial charge in [-0.05, 0) is 25.0 Å². The van der Waals surface area contributed by atoms with E-state index in [-0.39, 0.29) is 29.8 Å². The number of carboxylic acid groups (broad SMARTS) is 1. The number of sulfonamides is 1. The number of rotatable bonds is 7. The second-order valence-electron chi connectivity index (χ2n) is 4.36. The molecular weight excluding hydrogens is 290 g/mol. The maximum atomic E-state index is 12.4. The van der Waals surface area contributed by atoms with Gasteiger partial charge in [-0.1, -0.05) is 0 Å². The van der Waals surface area contributed by atoms with Crippen LogP contribution in [0.1, 0.15) is 17.7 Å². The fourth-order valence-corrected chi connectivity index (χ4v) is 4.97. The quantitative estimate of drug-likeness (QED) is 0.766. The largest absolute Gasteiger partial charge is 0.481 e. The Kier molecular flexibility index (Phi) is 4.24. The van der Waals surface area contributed by atoms with E-state index in [1.54, 1.807) is 0 Å². The van der Waals surface area contributed by atoms with Crippen molar-refractivity contribution in [2.24, 2.45) is 0 Å². The van der Waals surface area contributed by atoms with Crippen LogP contribution >= 0.6 is 11.3 Å². The van der Waals surface area contributed by atoms with Gasteiger partial charge < -0.3 is 10.2 Å². The fraction of sp³-hybridized carbons (Fsp3) is 0.545. The number of carboxylic acids is 1. The summed E-state index contributed by atoms with van der Waals surface area (Å²) in [5.41, 5.74) is 0. The standard InChI is InChI=1S/C11H15NO5S2/c13-6-5-12(8-1-2-8)19(16,17)11-4-3-9(18-11)7-10(14)15/h3-4,8,13H,1-2,5-7H2,(H,14,15). The van der Waals surface area contributed by atoms with E-state index in [9.17, 15) is 13.2 Å². The highest BCUT2D eigenvalue weighted by Crippen LogP contribution is 2.34. The first kappa shape index (κ1) is 14.4. The number of nitrogens with zero attached hydrogens (tertiary/aromatic N) is 1. The van der Waals surface area contributed by atoms with E-state index in [4.69, 9.17) is 10.2 Å². The van der Waals surface area contributed by atoms with Gasteiger partial charge in [0, 0.05) is 17.5 Å². The summed E-state index contributed by atoms with van der Waals surface area (Å²) in [5, 5.41) is 17.7. The lowest BCUT2D eigenvalue weighted by Gasteiger charge is -2.19. The van der Waals surface area contributed by atoms with E-state index in [2.05, 4.69) is 0 Å². The van der Waals surface area contributed by atoms with Gasteiger partial charge in [0.05, 0.1) is 13.0 Å². The lowest BCUT2D eigenvalue weighted by Crippen LogP contribution is -2.35. The molecule has 0 aliphatic heterocycles. The van der Waals surface area contributed by atoms with Gasteiger partial charge in [0.2, 0.25) is 0 Å². The average molecular weight is 305 g/mol. The van der Waals surface area contributed by atoms with E-state index >= 15 is 0 Å². The van der Waals surface area contributed by atoms with E-state index < -0.39 is 16.0 Å². The van der Waals surface area contributed by atoms with Crippen LogP contribution in [0.5, 0.6) is 0 Å². The third kappa shape index (κ3) is 3.33. The molecule has 1 saturated carbocycles. The van der Waals surface area contributed by atoms with Crippen molar-refractivity contribution in [3.63, 3.8) is 0 Å². The monoisotopic (exact) mass is 305 g/mol. The zero-order chi connectivity index (χ0) is 14.0. The Morgan fingerprint density at radius 3 is 2.63 bits per heavy atom. The summed E-state index contributed by atoms with van der Waals surface area (Å²) >= 11 is 0.975. The van der Waals surface area contributed by atoms with Gasteiger partial charge in [-0.15, -0.1) is 11.3 Å². The third-order valence-corrected chi connectivity index (χ3v) is 6.30. The minimum atomic E-state index is -3.62. The lowest BCUT2D eigenvalue weighted by molar-refractivity contribution is -0.136. The molecule has 2 N–H and O–H groups in total. The molecule has 1 aliphatic carbocycles. The molecule has 2 rings (SSSR count). The Labute approximate surface area is 115 Å². The van der Waals surface area contributed by atoms with Gasteiger partial charge in [-0.25, -0.2) is 8.42 Å². The molecule has 0 bridgehead atoms. The van der Waals surface area contributed by atoms with Gasteiger partial charge in [0.15, 0.2) is 0 Å². The minimum Gasteiger partial charge on any atom is -0.481 e. The predicted molar refractivity (Wildman–Crippen MR) is 69.7 cm³/mol. The van der Waals surface area contributed by atoms with Crippen LogP contribution in [-0.2, 0) is 21.2 Å². The number of thiophene rings is 1. The first-order chi connectivity index (χ1) is 8.95. The van der Waals surface area contributed by atoms with Crippen LogP contribution in [0.15, 0.2) is 16.3 Å². The molecule has 6 nitrogen and oxygen atoms in total. The molecule has 1 aliphatic rings. The summed E-state index contributed by atoms with van der Waals surface area (Å²) in [7, 11) is -3.62. The van der Waals surface area contributed by atoms with Crippen LogP contribution in [0, 0.1) is 0 Å². The van der Waals surface area contributed by atoms with Gasteiger partial charge in [0.25, 0.3) is 10.0 Å². The molecule has 1 aromatic heterocycles. The second kappa shape index (κ2) is 5.58. The molecule has 0 aromatic carbocycles. The van der Waals surface area contributed by atoms with Crippen molar-refractivity contribution in [3.8, 4) is 0 Å². The van der Waals surface area contributed by atoms with Gasteiger partial charge >= 0.3 is 5.97 Å². The van der Waals surface area contributed by atoms with Gasteiger partial charge in [0.1, 0.15) is 4.21 Å². The smallest absolute Gasteiger partial charge is 0.308 e. The zero-order valence-corrected chi connectivity index (χ0v) is 11.8. The third-order valence-electron chi connectivity index (χ3n) is 2.80. The Morgan fingerprint density at radius 2 is 2.11 bits per heavy atom. The molecule has 19 heavy (non-hydrogen) atoms. The SMILES string of the molecule is O=C(O)Cc1ccc(S(=O)(=O)N(CCO)C2CC2)s1. The van der Waals surface area contributed by atoms with Gasteiger partial charge in [-0.3, -0.25) is 4.79 Å². The second-order valence-corrected chi connectivity index (χ2v) is 7.65. The molecule has 0 unspecified atom stereocenters. The molecule has 1 aromatic rings. The van der Waals surface area contributed by atoms with Crippen LogP contribution in [-0.4, -0.2) is 48.1 Å². The topological polar surface area (TPSA) is 94.9 Å². The summed E-state index contributed by atoms with van der Waals surface area (Å²) in [6.45, 7) is -0.137. The Hall–Kier alpha value is -0.960. The van der Waals surface area contributed by atoms with Crippen molar-refractivity contribution in [2.45, 2.75) is 29.5 Å². The number of aliphatic hydroxyl groups excluding tert-OH is 1. The molecule has 106 valence electrons. The molecule has 8 heteroatoms. The van der Waals surface area contributed by atoms with Crippen LogP contribution in [0.25, 0.3) is 0 Å². The first-order valence-corrected chi connectivity index (χ1v) is 8.14. The predicted octanol–water partition coefficient (Wildman–Crippen LogP) is 0.521. The summed E-state index contributed by atoms with van der Waals surface area (Å²) in [4.78, 5) is 11.1. The fourth-order valence-electron chi connectivity index (χ4n) is 1.82. The molecule has 1 heterocycles. The van der Waals surface area contributed by atoms with Crippen molar-refractivity contribution in [3.05, 3.63) is 17.0 Å². The Bertz CT molecular complexity index is 561. The molecule has 0 radical (unpaired) electrons. The molecule has 1 fully saturated rings. The number of hydrogen-bond donors (Lipinski definition) is 2. The average Bonchev–Trinajstić information content (AvgIpc) is 3.04. The highest BCUT2D eigenvalue weighted by molar-refractivity contribution is 7.91. The number of aliphatic hydroxyl groups is 1. The zero-order valence-electron chi connectivity index (χ0n) is 10.2. The van der Waals surface area contributed by atoms with Crippen LogP contribution in [0.2, 0.25) is 0 Å². The normalized spacial score (nSPS) is 15.9. The molecule has 0 amide bonds. The lowest BCUT2D eigenvalue weighted by atomic mass is 10.3. The summed E-state index contributed by atoms with van der Waals surface area (Å²) in [5.74, 6) is -0.986. The van der Waals surface area contributed by atoms with E-state index in [1.807, 2.05) is 0 Å². The van der Waals surface area contributed by atoms with Crippen LogP contribution in [0.3, 0.4) is 0 Å². The van der Waals surface area contributed by atoms with Crippen molar-refractivity contribution < 1.29 is 23.4 Å². The Morgan fingerprint density at radius 1 is 1.42 bits per heavy atom. The number of hydrogen-bond acceptors (Lipinski definition) is 5. The van der Waals surface area contributed by atoms with E-state index in [0.29, 0.717) is 4.88 Å².